The van der Waals surface area contributed by atoms with Crippen molar-refractivity contribution in [1.29, 1.82) is 0 Å². The third-order valence-electron chi connectivity index (χ3n) is 4.31. The molecule has 1 aliphatic heterocycles. The topological polar surface area (TPSA) is 69.7 Å². The Morgan fingerprint density at radius 1 is 1.12 bits per heavy atom. The Morgan fingerprint density at radius 3 is 2.46 bits per heavy atom. The van der Waals surface area contributed by atoms with Gasteiger partial charge in [-0.05, 0) is 35.9 Å². The Bertz CT molecular complexity index is 929. The molecule has 0 aromatic heterocycles. The van der Waals surface area contributed by atoms with E-state index in [1.807, 2.05) is 11.9 Å². The molecule has 0 unspecified atom stereocenters. The first kappa shape index (κ1) is 18.5. The van der Waals surface area contributed by atoms with E-state index in [9.17, 15) is 13.2 Å². The van der Waals surface area contributed by atoms with Crippen LogP contribution in [0.4, 0.5) is 11.4 Å². The molecule has 1 amide bonds. The summed E-state index contributed by atoms with van der Waals surface area (Å²) in [6, 6.07) is 11.8. The number of carbonyl (C=O) groups excluding carboxylic acids is 1. The van der Waals surface area contributed by atoms with Crippen LogP contribution in [0.3, 0.4) is 0 Å². The summed E-state index contributed by atoms with van der Waals surface area (Å²) in [5.74, 6) is -0.130. The fraction of sp³-hybridized carbons (Fsp3) is 0.278. The lowest BCUT2D eigenvalue weighted by Gasteiger charge is -2.36. The average molecular weight is 394 g/mol. The standard InChI is InChI=1S/C18H20ClN3O3S/c1-13(23)20-12-14-3-6-16(7-4-14)26(24,25)22-10-9-21(2)18-11-15(19)5-8-17(18)22/h3-8,11H,9-10,12H2,1-2H3,(H,20,23). The molecule has 3 rings (SSSR count). The van der Waals surface area contributed by atoms with E-state index in [1.54, 1.807) is 42.5 Å². The van der Waals surface area contributed by atoms with Crippen LogP contribution in [-0.4, -0.2) is 34.5 Å². The highest BCUT2D eigenvalue weighted by Crippen LogP contribution is 2.37. The lowest BCUT2D eigenvalue weighted by Crippen LogP contribution is -2.42. The maximum Gasteiger partial charge on any atom is 0.264 e. The summed E-state index contributed by atoms with van der Waals surface area (Å²) in [7, 11) is -1.77. The minimum atomic E-state index is -3.68. The van der Waals surface area contributed by atoms with Crippen molar-refractivity contribution in [2.75, 3.05) is 29.3 Å². The molecule has 0 fully saturated rings. The first-order valence-electron chi connectivity index (χ1n) is 8.16. The number of halogens is 1. The van der Waals surface area contributed by atoms with Gasteiger partial charge in [-0.25, -0.2) is 8.42 Å². The number of sulfonamides is 1. The number of amides is 1. The number of fused-ring (bicyclic) bond motifs is 1. The highest BCUT2D eigenvalue weighted by atomic mass is 35.5. The highest BCUT2D eigenvalue weighted by Gasteiger charge is 2.31. The summed E-state index contributed by atoms with van der Waals surface area (Å²) in [6.07, 6.45) is 0. The van der Waals surface area contributed by atoms with Crippen LogP contribution in [0, 0.1) is 0 Å². The number of nitrogens with zero attached hydrogens (tertiary/aromatic N) is 2. The van der Waals surface area contributed by atoms with Gasteiger partial charge in [0.2, 0.25) is 5.91 Å². The molecule has 1 N–H and O–H groups in total. The number of hydrogen-bond donors (Lipinski definition) is 1. The van der Waals surface area contributed by atoms with Crippen LogP contribution >= 0.6 is 11.6 Å². The van der Waals surface area contributed by atoms with Gasteiger partial charge >= 0.3 is 0 Å². The Hall–Kier alpha value is -2.25. The summed E-state index contributed by atoms with van der Waals surface area (Å²) in [5, 5.41) is 3.26. The SMILES string of the molecule is CC(=O)NCc1ccc(S(=O)(=O)N2CCN(C)c3cc(Cl)ccc32)cc1. The van der Waals surface area contributed by atoms with Crippen LogP contribution in [0.25, 0.3) is 0 Å². The van der Waals surface area contributed by atoms with Crippen molar-refractivity contribution in [3.05, 3.63) is 53.1 Å². The molecule has 0 saturated carbocycles. The van der Waals surface area contributed by atoms with E-state index in [-0.39, 0.29) is 10.8 Å². The van der Waals surface area contributed by atoms with Crippen molar-refractivity contribution in [3.63, 3.8) is 0 Å². The van der Waals surface area contributed by atoms with Gasteiger partial charge in [0.25, 0.3) is 10.0 Å². The Kier molecular flexibility index (Phi) is 5.11. The molecule has 138 valence electrons. The maximum atomic E-state index is 13.1. The first-order chi connectivity index (χ1) is 12.3. The third kappa shape index (κ3) is 3.64. The molecule has 0 spiro atoms. The second kappa shape index (κ2) is 7.17. The van der Waals surface area contributed by atoms with Crippen molar-refractivity contribution < 1.29 is 13.2 Å². The van der Waals surface area contributed by atoms with Gasteiger partial charge in [0.05, 0.1) is 22.8 Å². The van der Waals surface area contributed by atoms with Crippen LogP contribution in [0.1, 0.15) is 12.5 Å². The van der Waals surface area contributed by atoms with Crippen molar-refractivity contribution in [2.45, 2.75) is 18.4 Å². The number of benzene rings is 2. The van der Waals surface area contributed by atoms with Crippen molar-refractivity contribution in [1.82, 2.24) is 5.32 Å². The number of rotatable bonds is 4. The van der Waals surface area contributed by atoms with Gasteiger partial charge in [-0.1, -0.05) is 23.7 Å². The molecule has 1 aliphatic rings. The van der Waals surface area contributed by atoms with Gasteiger partial charge in [-0.2, -0.15) is 0 Å². The van der Waals surface area contributed by atoms with E-state index >= 15 is 0 Å². The summed E-state index contributed by atoms with van der Waals surface area (Å²) in [4.78, 5) is 13.2. The van der Waals surface area contributed by atoms with E-state index in [0.29, 0.717) is 30.3 Å². The van der Waals surface area contributed by atoms with E-state index in [1.165, 1.54) is 11.2 Å². The van der Waals surface area contributed by atoms with E-state index in [2.05, 4.69) is 5.32 Å². The van der Waals surface area contributed by atoms with Crippen molar-refractivity contribution >= 4 is 38.9 Å². The molecule has 0 saturated heterocycles. The molecule has 2 aromatic rings. The summed E-state index contributed by atoms with van der Waals surface area (Å²) < 4.78 is 27.7. The van der Waals surface area contributed by atoms with Gasteiger partial charge in [0.15, 0.2) is 0 Å². The molecule has 0 atom stereocenters. The average Bonchev–Trinajstić information content (AvgIpc) is 2.61. The van der Waals surface area contributed by atoms with Crippen LogP contribution in [-0.2, 0) is 21.4 Å². The van der Waals surface area contributed by atoms with Crippen LogP contribution in [0.5, 0.6) is 0 Å². The number of nitrogens with one attached hydrogen (secondary N) is 1. The summed E-state index contributed by atoms with van der Waals surface area (Å²) >= 11 is 6.07. The number of likely N-dealkylation sites (N-methyl/N-ethyl adjacent to an activating group) is 1. The minimum Gasteiger partial charge on any atom is -0.371 e. The highest BCUT2D eigenvalue weighted by molar-refractivity contribution is 7.92. The Morgan fingerprint density at radius 2 is 1.81 bits per heavy atom. The molecule has 0 aliphatic carbocycles. The van der Waals surface area contributed by atoms with Crippen LogP contribution in [0.15, 0.2) is 47.4 Å². The maximum absolute atomic E-state index is 13.1. The van der Waals surface area contributed by atoms with Crippen molar-refractivity contribution in [2.24, 2.45) is 0 Å². The Balaban J connectivity index is 1.91. The van der Waals surface area contributed by atoms with Gasteiger partial charge in [-0.3, -0.25) is 9.10 Å². The number of hydrogen-bond acceptors (Lipinski definition) is 4. The molecule has 26 heavy (non-hydrogen) atoms. The van der Waals surface area contributed by atoms with Gasteiger partial charge in [0, 0.05) is 32.1 Å². The largest absolute Gasteiger partial charge is 0.371 e. The normalized spacial score (nSPS) is 14.1. The fourth-order valence-corrected chi connectivity index (χ4v) is 4.51. The number of anilines is 2. The van der Waals surface area contributed by atoms with Crippen molar-refractivity contribution in [3.8, 4) is 0 Å². The van der Waals surface area contributed by atoms with E-state index < -0.39 is 10.0 Å². The predicted octanol–water partition coefficient (Wildman–Crippen LogP) is 2.62. The van der Waals surface area contributed by atoms with Gasteiger partial charge in [0.1, 0.15) is 0 Å². The molecular formula is C18H20ClN3O3S. The van der Waals surface area contributed by atoms with Gasteiger partial charge < -0.3 is 10.2 Å². The Labute approximate surface area is 158 Å². The minimum absolute atomic E-state index is 0.130. The lowest BCUT2D eigenvalue weighted by atomic mass is 10.2. The molecule has 0 radical (unpaired) electrons. The van der Waals surface area contributed by atoms with Crippen LogP contribution < -0.4 is 14.5 Å². The zero-order valence-corrected chi connectivity index (χ0v) is 16.1. The molecular weight excluding hydrogens is 374 g/mol. The lowest BCUT2D eigenvalue weighted by molar-refractivity contribution is -0.119. The molecule has 1 heterocycles. The molecule has 6 nitrogen and oxygen atoms in total. The first-order valence-corrected chi connectivity index (χ1v) is 9.97. The fourth-order valence-electron chi connectivity index (χ4n) is 2.88. The molecule has 8 heteroatoms. The summed E-state index contributed by atoms with van der Waals surface area (Å²) in [6.45, 7) is 2.75. The zero-order valence-electron chi connectivity index (χ0n) is 14.6. The summed E-state index contributed by atoms with van der Waals surface area (Å²) in [5.41, 5.74) is 2.24. The quantitative estimate of drug-likeness (QED) is 0.866. The predicted molar refractivity (Wildman–Crippen MR) is 103 cm³/mol. The van der Waals surface area contributed by atoms with Crippen LogP contribution in [0.2, 0.25) is 5.02 Å². The second-order valence-electron chi connectivity index (χ2n) is 6.19. The zero-order chi connectivity index (χ0) is 18.9. The van der Waals surface area contributed by atoms with Gasteiger partial charge in [-0.15, -0.1) is 0 Å². The second-order valence-corrected chi connectivity index (χ2v) is 8.48. The van der Waals surface area contributed by atoms with E-state index in [4.69, 9.17) is 11.6 Å². The number of carbonyl (C=O) groups is 1. The van der Waals surface area contributed by atoms with E-state index in [0.717, 1.165) is 11.3 Å². The molecule has 2 aromatic carbocycles. The molecule has 0 bridgehead atoms. The monoisotopic (exact) mass is 393 g/mol. The third-order valence-corrected chi connectivity index (χ3v) is 6.37. The smallest absolute Gasteiger partial charge is 0.264 e.